The van der Waals surface area contributed by atoms with Crippen molar-refractivity contribution in [2.75, 3.05) is 0 Å². The molecule has 39 heavy (non-hydrogen) atoms. The van der Waals surface area contributed by atoms with E-state index >= 15 is 0 Å². The molecule has 0 aliphatic carbocycles. The molecule has 5 aromatic rings. The lowest BCUT2D eigenvalue weighted by Gasteiger charge is -2.22. The summed E-state index contributed by atoms with van der Waals surface area (Å²) in [5.41, 5.74) is 0.322. The lowest BCUT2D eigenvalue weighted by Crippen LogP contribution is -2.20. The van der Waals surface area contributed by atoms with Gasteiger partial charge >= 0.3 is 0 Å². The summed E-state index contributed by atoms with van der Waals surface area (Å²) in [4.78, 5) is 13.3. The first-order valence-electron chi connectivity index (χ1n) is 12.2. The van der Waals surface area contributed by atoms with Crippen LogP contribution in [-0.4, -0.2) is 11.7 Å². The van der Waals surface area contributed by atoms with Crippen molar-refractivity contribution < 1.29 is 23.7 Å². The molecule has 1 heterocycles. The first kappa shape index (κ1) is 23.8. The molecule has 6 rings (SSSR count). The molecule has 0 radical (unpaired) electrons. The second kappa shape index (κ2) is 10.4. The van der Waals surface area contributed by atoms with E-state index in [0.717, 1.165) is 0 Å². The van der Waals surface area contributed by atoms with E-state index in [9.17, 15) is 4.79 Å². The van der Waals surface area contributed by atoms with Crippen LogP contribution in [0, 0.1) is 5.41 Å². The third-order valence-electron chi connectivity index (χ3n) is 5.89. The van der Waals surface area contributed by atoms with Gasteiger partial charge in [0.25, 0.3) is 5.91 Å². The molecular formula is C32H22N2O5. The van der Waals surface area contributed by atoms with Crippen LogP contribution in [0.1, 0.15) is 15.9 Å². The van der Waals surface area contributed by atoms with E-state index in [0.29, 0.717) is 23.0 Å². The number of carbonyl (C=O) groups excluding carboxylic acids is 1. The van der Waals surface area contributed by atoms with Crippen LogP contribution in [0.2, 0.25) is 0 Å². The number of benzene rings is 5. The highest BCUT2D eigenvalue weighted by atomic mass is 16.6. The highest BCUT2D eigenvalue weighted by molar-refractivity contribution is 6.26. The van der Waals surface area contributed by atoms with Crippen LogP contribution >= 0.6 is 0 Å². The van der Waals surface area contributed by atoms with Gasteiger partial charge in [-0.2, -0.15) is 0 Å². The van der Waals surface area contributed by atoms with E-state index < -0.39 is 5.91 Å². The molecule has 0 aromatic heterocycles. The Morgan fingerprint density at radius 1 is 0.436 bits per heavy atom. The van der Waals surface area contributed by atoms with E-state index in [-0.39, 0.29) is 40.0 Å². The number of fused-ring (bicyclic) bond motifs is 1. The Kier molecular flexibility index (Phi) is 6.37. The molecule has 0 atom stereocenters. The van der Waals surface area contributed by atoms with Crippen LogP contribution in [0.15, 0.2) is 121 Å². The number of hydrogen-bond donors (Lipinski definition) is 2. The fourth-order valence-corrected chi connectivity index (χ4v) is 4.16. The predicted octanol–water partition coefficient (Wildman–Crippen LogP) is 7.92. The first-order valence-corrected chi connectivity index (χ1v) is 12.2. The average Bonchev–Trinajstić information content (AvgIpc) is 3.27. The third-order valence-corrected chi connectivity index (χ3v) is 5.89. The van der Waals surface area contributed by atoms with Crippen LogP contribution in [0.25, 0.3) is 0 Å². The fraction of sp³-hybridized carbons (Fsp3) is 0. The molecule has 1 amide bonds. The van der Waals surface area contributed by atoms with Crippen LogP contribution < -0.4 is 24.3 Å². The summed E-state index contributed by atoms with van der Waals surface area (Å²) in [6, 6.07) is 36.4. The highest BCUT2D eigenvalue weighted by Gasteiger charge is 2.40. The van der Waals surface area contributed by atoms with Gasteiger partial charge in [-0.1, -0.05) is 72.8 Å². The number of carbonyl (C=O) groups is 1. The second-order valence-corrected chi connectivity index (χ2v) is 8.56. The largest absolute Gasteiger partial charge is 0.452 e. The molecule has 7 heteroatoms. The van der Waals surface area contributed by atoms with Gasteiger partial charge in [0.2, 0.25) is 11.5 Å². The zero-order valence-corrected chi connectivity index (χ0v) is 20.6. The van der Waals surface area contributed by atoms with E-state index in [1.54, 1.807) is 48.5 Å². The standard InChI is InChI=1S/C32H22N2O5/c33-31-25-26(32(35)34-31)28(37-22-15-7-2-8-16-22)30(39-24-19-11-4-12-20-24)29(38-23-17-9-3-10-18-23)27(25)36-21-13-5-1-6-14-21/h1-20H,(H2,33,34,35). The average molecular weight is 515 g/mol. The highest BCUT2D eigenvalue weighted by Crippen LogP contribution is 2.55. The number of nitrogens with one attached hydrogen (secondary N) is 2. The Hall–Kier alpha value is -5.56. The van der Waals surface area contributed by atoms with Gasteiger partial charge in [0.05, 0.1) is 5.56 Å². The van der Waals surface area contributed by atoms with E-state index in [2.05, 4.69) is 5.32 Å². The van der Waals surface area contributed by atoms with Crippen molar-refractivity contribution in [3.8, 4) is 46.0 Å². The van der Waals surface area contributed by atoms with Gasteiger partial charge < -0.3 is 24.3 Å². The third kappa shape index (κ3) is 4.89. The Balaban J connectivity index is 1.65. The summed E-state index contributed by atoms with van der Waals surface area (Å²) in [7, 11) is 0. The quantitative estimate of drug-likeness (QED) is 0.219. The van der Waals surface area contributed by atoms with Crippen molar-refractivity contribution in [1.82, 2.24) is 5.32 Å². The summed E-state index contributed by atoms with van der Waals surface area (Å²) < 4.78 is 25.4. The molecule has 5 aromatic carbocycles. The molecule has 0 spiro atoms. The Morgan fingerprint density at radius 3 is 1.10 bits per heavy atom. The summed E-state index contributed by atoms with van der Waals surface area (Å²) in [6.07, 6.45) is 0. The molecule has 0 bridgehead atoms. The monoisotopic (exact) mass is 514 g/mol. The fourth-order valence-electron chi connectivity index (χ4n) is 4.16. The molecule has 2 N–H and O–H groups in total. The van der Waals surface area contributed by atoms with E-state index in [4.69, 9.17) is 24.4 Å². The predicted molar refractivity (Wildman–Crippen MR) is 147 cm³/mol. The van der Waals surface area contributed by atoms with Crippen LogP contribution in [-0.2, 0) is 0 Å². The molecule has 7 nitrogen and oxygen atoms in total. The summed E-state index contributed by atoms with van der Waals surface area (Å²) >= 11 is 0. The van der Waals surface area contributed by atoms with Gasteiger partial charge in [-0.3, -0.25) is 10.2 Å². The second-order valence-electron chi connectivity index (χ2n) is 8.56. The van der Waals surface area contributed by atoms with Gasteiger partial charge in [-0.25, -0.2) is 0 Å². The maximum atomic E-state index is 13.3. The zero-order chi connectivity index (χ0) is 26.6. The lowest BCUT2D eigenvalue weighted by molar-refractivity contribution is 0.0980. The number of ether oxygens (including phenoxy) is 4. The number of amides is 1. The molecule has 0 unspecified atom stereocenters. The number of hydrogen-bond acceptors (Lipinski definition) is 6. The van der Waals surface area contributed by atoms with Gasteiger partial charge in [0.1, 0.15) is 34.4 Å². The van der Waals surface area contributed by atoms with Crippen LogP contribution in [0.4, 0.5) is 0 Å². The van der Waals surface area contributed by atoms with Gasteiger partial charge in [0.15, 0.2) is 11.5 Å². The van der Waals surface area contributed by atoms with Crippen molar-refractivity contribution in [3.63, 3.8) is 0 Å². The normalized spacial score (nSPS) is 11.9. The van der Waals surface area contributed by atoms with Crippen LogP contribution in [0.3, 0.4) is 0 Å². The lowest BCUT2D eigenvalue weighted by atomic mass is 10.0. The molecule has 0 saturated carbocycles. The number of para-hydroxylation sites is 4. The Labute approximate surface area is 224 Å². The van der Waals surface area contributed by atoms with E-state index in [1.807, 2.05) is 72.8 Å². The van der Waals surface area contributed by atoms with Crippen molar-refractivity contribution in [2.24, 2.45) is 0 Å². The van der Waals surface area contributed by atoms with E-state index in [1.165, 1.54) is 0 Å². The SMILES string of the molecule is N=C1NC(=O)c2c(Oc3ccccc3)c(Oc3ccccc3)c(Oc3ccccc3)c(Oc3ccccc3)c21. The summed E-state index contributed by atoms with van der Waals surface area (Å²) in [5, 5.41) is 11.2. The zero-order valence-electron chi connectivity index (χ0n) is 20.6. The molecular weight excluding hydrogens is 492 g/mol. The van der Waals surface area contributed by atoms with Gasteiger partial charge in [-0.05, 0) is 48.5 Å². The smallest absolute Gasteiger partial charge is 0.261 e. The first-order chi connectivity index (χ1) is 19.2. The van der Waals surface area contributed by atoms with Crippen molar-refractivity contribution in [1.29, 1.82) is 5.41 Å². The Bertz CT molecular complexity index is 1520. The summed E-state index contributed by atoms with van der Waals surface area (Å²) in [5.74, 6) is 1.85. The minimum atomic E-state index is -0.511. The minimum absolute atomic E-state index is 0.103. The van der Waals surface area contributed by atoms with Crippen molar-refractivity contribution in [2.45, 2.75) is 0 Å². The van der Waals surface area contributed by atoms with Gasteiger partial charge in [0, 0.05) is 0 Å². The van der Waals surface area contributed by atoms with Crippen molar-refractivity contribution in [3.05, 3.63) is 132 Å². The summed E-state index contributed by atoms with van der Waals surface area (Å²) in [6.45, 7) is 0. The van der Waals surface area contributed by atoms with Gasteiger partial charge in [-0.15, -0.1) is 0 Å². The maximum absolute atomic E-state index is 13.3. The Morgan fingerprint density at radius 2 is 0.744 bits per heavy atom. The molecule has 0 fully saturated rings. The molecule has 1 aliphatic rings. The van der Waals surface area contributed by atoms with Crippen molar-refractivity contribution >= 4 is 11.7 Å². The minimum Gasteiger partial charge on any atom is -0.452 e. The number of rotatable bonds is 8. The maximum Gasteiger partial charge on any atom is 0.261 e. The number of amidine groups is 1. The topological polar surface area (TPSA) is 89.9 Å². The molecule has 1 aliphatic heterocycles. The molecule has 0 saturated heterocycles. The van der Waals surface area contributed by atoms with Crippen LogP contribution in [0.5, 0.6) is 46.0 Å². The molecule has 190 valence electrons.